The average Bonchev–Trinajstić information content (AvgIpc) is 2.38. The highest BCUT2D eigenvalue weighted by atomic mass is 16.6. The highest BCUT2D eigenvalue weighted by Gasteiger charge is 2.31. The Morgan fingerprint density at radius 1 is 1.10 bits per heavy atom. The minimum Gasteiger partial charge on any atom is -0.451 e. The summed E-state index contributed by atoms with van der Waals surface area (Å²) in [6, 6.07) is 7.40. The minimum atomic E-state index is -1.14. The van der Waals surface area contributed by atoms with Crippen molar-refractivity contribution >= 4 is 17.4 Å². The molecular weight excluding hydrogens is 254 g/mol. The molecule has 0 N–H and O–H groups in total. The Hall–Kier alpha value is -1.84. The first-order valence-corrected chi connectivity index (χ1v) is 6.91. The third-order valence-electron chi connectivity index (χ3n) is 3.20. The van der Waals surface area contributed by atoms with E-state index in [2.05, 4.69) is 18.7 Å². The summed E-state index contributed by atoms with van der Waals surface area (Å²) < 4.78 is 5.08. The first-order chi connectivity index (χ1) is 9.31. The van der Waals surface area contributed by atoms with Gasteiger partial charge in [0.05, 0.1) is 0 Å². The van der Waals surface area contributed by atoms with Gasteiger partial charge in [0.2, 0.25) is 5.78 Å². The molecule has 0 heterocycles. The van der Waals surface area contributed by atoms with Gasteiger partial charge in [0.15, 0.2) is 5.60 Å². The molecule has 0 bridgehead atoms. The van der Waals surface area contributed by atoms with E-state index in [1.807, 2.05) is 12.1 Å². The number of benzene rings is 1. The van der Waals surface area contributed by atoms with Gasteiger partial charge in [0.25, 0.3) is 0 Å². The second-order valence-corrected chi connectivity index (χ2v) is 5.15. The largest absolute Gasteiger partial charge is 0.451 e. The van der Waals surface area contributed by atoms with Crippen molar-refractivity contribution in [3.05, 3.63) is 29.8 Å². The molecule has 110 valence electrons. The van der Waals surface area contributed by atoms with Crippen LogP contribution in [-0.2, 0) is 9.53 Å². The van der Waals surface area contributed by atoms with Crippen molar-refractivity contribution in [1.29, 1.82) is 0 Å². The number of rotatable bonds is 6. The van der Waals surface area contributed by atoms with E-state index < -0.39 is 11.6 Å². The first-order valence-electron chi connectivity index (χ1n) is 6.91. The molecule has 0 atom stereocenters. The fourth-order valence-electron chi connectivity index (χ4n) is 2.17. The van der Waals surface area contributed by atoms with Crippen molar-refractivity contribution in [1.82, 2.24) is 0 Å². The van der Waals surface area contributed by atoms with Gasteiger partial charge in [-0.25, -0.2) is 0 Å². The second-order valence-electron chi connectivity index (χ2n) is 5.15. The maximum Gasteiger partial charge on any atom is 0.303 e. The fourth-order valence-corrected chi connectivity index (χ4v) is 2.17. The van der Waals surface area contributed by atoms with Crippen LogP contribution >= 0.6 is 0 Å². The summed E-state index contributed by atoms with van der Waals surface area (Å²) >= 11 is 0. The van der Waals surface area contributed by atoms with Crippen LogP contribution in [0.15, 0.2) is 24.3 Å². The zero-order valence-corrected chi connectivity index (χ0v) is 12.9. The molecule has 1 aromatic rings. The highest BCUT2D eigenvalue weighted by molar-refractivity contribution is 6.03. The van der Waals surface area contributed by atoms with Gasteiger partial charge >= 0.3 is 5.97 Å². The zero-order chi connectivity index (χ0) is 15.3. The number of ketones is 1. The Bertz CT molecular complexity index is 473. The van der Waals surface area contributed by atoms with Crippen molar-refractivity contribution in [2.24, 2.45) is 0 Å². The van der Waals surface area contributed by atoms with Crippen LogP contribution in [0.2, 0.25) is 0 Å². The zero-order valence-electron chi connectivity index (χ0n) is 12.9. The van der Waals surface area contributed by atoms with Crippen LogP contribution in [0.1, 0.15) is 45.0 Å². The van der Waals surface area contributed by atoms with E-state index >= 15 is 0 Å². The fraction of sp³-hybridized carbons (Fsp3) is 0.500. The molecular formula is C16H23NO3. The van der Waals surface area contributed by atoms with E-state index in [1.54, 1.807) is 26.0 Å². The predicted molar refractivity (Wildman–Crippen MR) is 80.2 cm³/mol. The molecule has 0 unspecified atom stereocenters. The number of Topliss-reactive ketones (excluding diaryl/α,β-unsaturated/α-hetero) is 1. The maximum atomic E-state index is 12.3. The number of hydrogen-bond donors (Lipinski definition) is 0. The van der Waals surface area contributed by atoms with Gasteiger partial charge in [-0.05, 0) is 52.0 Å². The molecule has 0 aliphatic carbocycles. The molecule has 0 fully saturated rings. The predicted octanol–water partition coefficient (Wildman–Crippen LogP) is 3.06. The van der Waals surface area contributed by atoms with E-state index in [0.717, 1.165) is 18.8 Å². The lowest BCUT2D eigenvalue weighted by Crippen LogP contribution is -2.36. The average molecular weight is 277 g/mol. The van der Waals surface area contributed by atoms with Crippen LogP contribution in [0.3, 0.4) is 0 Å². The van der Waals surface area contributed by atoms with Crippen LogP contribution < -0.4 is 4.90 Å². The number of esters is 1. The topological polar surface area (TPSA) is 46.6 Å². The number of anilines is 1. The summed E-state index contributed by atoms with van der Waals surface area (Å²) in [4.78, 5) is 25.6. The quantitative estimate of drug-likeness (QED) is 0.592. The van der Waals surface area contributed by atoms with Crippen LogP contribution in [0.4, 0.5) is 5.69 Å². The van der Waals surface area contributed by atoms with Gasteiger partial charge in [0, 0.05) is 31.3 Å². The van der Waals surface area contributed by atoms with Gasteiger partial charge in [-0.1, -0.05) is 0 Å². The summed E-state index contributed by atoms with van der Waals surface area (Å²) in [5.74, 6) is -0.651. The molecule has 20 heavy (non-hydrogen) atoms. The molecule has 0 radical (unpaired) electrons. The van der Waals surface area contributed by atoms with Crippen molar-refractivity contribution in [2.45, 2.75) is 40.2 Å². The summed E-state index contributed by atoms with van der Waals surface area (Å²) in [7, 11) is 0. The van der Waals surface area contributed by atoms with Crippen LogP contribution in [-0.4, -0.2) is 30.4 Å². The SMILES string of the molecule is CCN(CC)c1ccc(C(=O)C(C)(C)OC(C)=O)cc1. The number of hydrogen-bond acceptors (Lipinski definition) is 4. The Balaban J connectivity index is 2.93. The standard InChI is InChI=1S/C16H23NO3/c1-6-17(7-2)14-10-8-13(9-11-14)15(19)16(4,5)20-12(3)18/h8-11H,6-7H2,1-5H3. The smallest absolute Gasteiger partial charge is 0.303 e. The second kappa shape index (κ2) is 6.55. The molecule has 1 rings (SSSR count). The highest BCUT2D eigenvalue weighted by Crippen LogP contribution is 2.21. The number of ether oxygens (including phenoxy) is 1. The third-order valence-corrected chi connectivity index (χ3v) is 3.20. The summed E-state index contributed by atoms with van der Waals surface area (Å²) in [5, 5.41) is 0. The van der Waals surface area contributed by atoms with Crippen molar-refractivity contribution in [2.75, 3.05) is 18.0 Å². The number of carbonyl (C=O) groups excluding carboxylic acids is 2. The summed E-state index contributed by atoms with van der Waals surface area (Å²) in [6.07, 6.45) is 0. The normalized spacial score (nSPS) is 11.1. The van der Waals surface area contributed by atoms with E-state index in [9.17, 15) is 9.59 Å². The lowest BCUT2D eigenvalue weighted by atomic mass is 9.96. The molecule has 1 aromatic carbocycles. The summed E-state index contributed by atoms with van der Waals surface area (Å²) in [5.41, 5.74) is 0.492. The van der Waals surface area contributed by atoms with Crippen LogP contribution in [0.5, 0.6) is 0 Å². The molecule has 0 aromatic heterocycles. The van der Waals surface area contributed by atoms with Crippen LogP contribution in [0.25, 0.3) is 0 Å². The maximum absolute atomic E-state index is 12.3. The van der Waals surface area contributed by atoms with Crippen molar-refractivity contribution in [3.63, 3.8) is 0 Å². The molecule has 0 saturated carbocycles. The number of carbonyl (C=O) groups is 2. The Kier molecular flexibility index (Phi) is 5.31. The molecule has 0 spiro atoms. The Morgan fingerprint density at radius 2 is 1.60 bits per heavy atom. The van der Waals surface area contributed by atoms with Gasteiger partial charge < -0.3 is 9.64 Å². The number of nitrogens with zero attached hydrogens (tertiary/aromatic N) is 1. The van der Waals surface area contributed by atoms with Gasteiger partial charge in [-0.2, -0.15) is 0 Å². The Morgan fingerprint density at radius 3 is 2.00 bits per heavy atom. The first kappa shape index (κ1) is 16.2. The Labute approximate surface area is 120 Å². The van der Waals surface area contributed by atoms with Gasteiger partial charge in [-0.3, -0.25) is 9.59 Å². The monoisotopic (exact) mass is 277 g/mol. The van der Waals surface area contributed by atoms with Gasteiger partial charge in [-0.15, -0.1) is 0 Å². The van der Waals surface area contributed by atoms with Crippen molar-refractivity contribution in [3.8, 4) is 0 Å². The molecule has 4 nitrogen and oxygen atoms in total. The van der Waals surface area contributed by atoms with E-state index in [1.165, 1.54) is 6.92 Å². The molecule has 0 saturated heterocycles. The summed E-state index contributed by atoms with van der Waals surface area (Å²) in [6.45, 7) is 10.5. The molecule has 0 aliphatic rings. The molecule has 0 aliphatic heterocycles. The molecule has 4 heteroatoms. The van der Waals surface area contributed by atoms with E-state index in [0.29, 0.717) is 5.56 Å². The van der Waals surface area contributed by atoms with E-state index in [4.69, 9.17) is 4.74 Å². The van der Waals surface area contributed by atoms with Crippen LogP contribution in [0, 0.1) is 0 Å². The minimum absolute atomic E-state index is 0.196. The lowest BCUT2D eigenvalue weighted by molar-refractivity contribution is -0.149. The van der Waals surface area contributed by atoms with E-state index in [-0.39, 0.29) is 5.78 Å². The third kappa shape index (κ3) is 3.83. The van der Waals surface area contributed by atoms with Crippen molar-refractivity contribution < 1.29 is 14.3 Å². The lowest BCUT2D eigenvalue weighted by Gasteiger charge is -2.24. The van der Waals surface area contributed by atoms with Gasteiger partial charge in [0.1, 0.15) is 0 Å². The molecule has 0 amide bonds.